The van der Waals surface area contributed by atoms with Crippen molar-refractivity contribution in [3.8, 4) is 16.9 Å². The second-order valence-electron chi connectivity index (χ2n) is 6.49. The maximum Gasteiger partial charge on any atom is 0.119 e. The number of phenols is 1. The standard InChI is InChI=1S/C21H26O/c1-6-7-18-12-17(9-11-21(18)22)20-13-16(14(2)3)8-10-19(20)15(4)5/h6,8-15,22H,1,7H2,2-5H3. The van der Waals surface area contributed by atoms with Gasteiger partial charge in [0.25, 0.3) is 0 Å². The molecule has 0 amide bonds. The third kappa shape index (κ3) is 3.41. The fourth-order valence-corrected chi connectivity index (χ4v) is 2.76. The lowest BCUT2D eigenvalue weighted by molar-refractivity contribution is 0.470. The van der Waals surface area contributed by atoms with Gasteiger partial charge >= 0.3 is 0 Å². The van der Waals surface area contributed by atoms with E-state index in [-0.39, 0.29) is 0 Å². The lowest BCUT2D eigenvalue weighted by atomic mass is 9.88. The van der Waals surface area contributed by atoms with Crippen molar-refractivity contribution in [2.75, 3.05) is 0 Å². The molecule has 2 rings (SSSR count). The summed E-state index contributed by atoms with van der Waals surface area (Å²) in [5.74, 6) is 1.31. The lowest BCUT2D eigenvalue weighted by Gasteiger charge is -2.17. The van der Waals surface area contributed by atoms with Crippen LogP contribution in [0.1, 0.15) is 56.2 Å². The fraction of sp³-hybridized carbons (Fsp3) is 0.333. The van der Waals surface area contributed by atoms with E-state index < -0.39 is 0 Å². The highest BCUT2D eigenvalue weighted by molar-refractivity contribution is 5.71. The zero-order chi connectivity index (χ0) is 16.3. The summed E-state index contributed by atoms with van der Waals surface area (Å²) in [6.07, 6.45) is 2.51. The molecule has 0 heterocycles. The Kier molecular flexibility index (Phi) is 5.07. The number of hydrogen-bond acceptors (Lipinski definition) is 1. The number of aromatic hydroxyl groups is 1. The van der Waals surface area contributed by atoms with Crippen LogP contribution in [0, 0.1) is 0 Å². The van der Waals surface area contributed by atoms with Crippen LogP contribution in [-0.2, 0) is 6.42 Å². The number of rotatable bonds is 5. The zero-order valence-electron chi connectivity index (χ0n) is 14.1. The highest BCUT2D eigenvalue weighted by Gasteiger charge is 2.12. The molecular weight excluding hydrogens is 268 g/mol. The minimum absolute atomic E-state index is 0.342. The van der Waals surface area contributed by atoms with E-state index in [9.17, 15) is 5.11 Å². The number of allylic oxidation sites excluding steroid dienone is 1. The second-order valence-corrected chi connectivity index (χ2v) is 6.49. The minimum atomic E-state index is 0.342. The Morgan fingerprint density at radius 2 is 1.73 bits per heavy atom. The molecule has 0 atom stereocenters. The van der Waals surface area contributed by atoms with Gasteiger partial charge in [0, 0.05) is 0 Å². The third-order valence-corrected chi connectivity index (χ3v) is 4.12. The Morgan fingerprint density at radius 1 is 1.00 bits per heavy atom. The topological polar surface area (TPSA) is 20.2 Å². The van der Waals surface area contributed by atoms with Crippen molar-refractivity contribution in [2.45, 2.75) is 46.0 Å². The molecule has 0 radical (unpaired) electrons. The van der Waals surface area contributed by atoms with Crippen LogP contribution in [0.5, 0.6) is 5.75 Å². The first kappa shape index (κ1) is 16.4. The third-order valence-electron chi connectivity index (χ3n) is 4.12. The van der Waals surface area contributed by atoms with E-state index >= 15 is 0 Å². The summed E-state index contributed by atoms with van der Waals surface area (Å²) in [4.78, 5) is 0. The van der Waals surface area contributed by atoms with Gasteiger partial charge in [0.05, 0.1) is 0 Å². The van der Waals surface area contributed by atoms with E-state index in [0.717, 1.165) is 5.56 Å². The van der Waals surface area contributed by atoms with Gasteiger partial charge in [-0.2, -0.15) is 0 Å². The van der Waals surface area contributed by atoms with Crippen LogP contribution >= 0.6 is 0 Å². The molecule has 0 saturated heterocycles. The summed E-state index contributed by atoms with van der Waals surface area (Å²) in [7, 11) is 0. The summed E-state index contributed by atoms with van der Waals surface area (Å²) in [5, 5.41) is 9.99. The Labute approximate surface area is 134 Å². The van der Waals surface area contributed by atoms with Gasteiger partial charge in [0.2, 0.25) is 0 Å². The van der Waals surface area contributed by atoms with Crippen molar-refractivity contribution in [2.24, 2.45) is 0 Å². The van der Waals surface area contributed by atoms with Crippen LogP contribution in [0.4, 0.5) is 0 Å². The number of phenolic OH excluding ortho intramolecular Hbond substituents is 1. The first-order chi connectivity index (χ1) is 10.4. The highest BCUT2D eigenvalue weighted by atomic mass is 16.3. The molecule has 2 aromatic carbocycles. The largest absolute Gasteiger partial charge is 0.508 e. The van der Waals surface area contributed by atoms with Gasteiger partial charge in [-0.05, 0) is 58.2 Å². The van der Waals surface area contributed by atoms with Gasteiger partial charge in [0.1, 0.15) is 5.75 Å². The van der Waals surface area contributed by atoms with E-state index in [2.05, 4.69) is 58.5 Å². The van der Waals surface area contributed by atoms with Crippen LogP contribution < -0.4 is 0 Å². The van der Waals surface area contributed by atoms with Crippen molar-refractivity contribution in [1.82, 2.24) is 0 Å². The van der Waals surface area contributed by atoms with E-state index in [1.165, 1.54) is 22.3 Å². The molecule has 0 saturated carbocycles. The maximum absolute atomic E-state index is 9.99. The molecule has 0 fully saturated rings. The maximum atomic E-state index is 9.99. The van der Waals surface area contributed by atoms with Crippen molar-refractivity contribution in [1.29, 1.82) is 0 Å². The van der Waals surface area contributed by atoms with E-state index in [0.29, 0.717) is 24.0 Å². The van der Waals surface area contributed by atoms with E-state index in [4.69, 9.17) is 0 Å². The molecule has 0 aliphatic heterocycles. The van der Waals surface area contributed by atoms with Gasteiger partial charge in [-0.3, -0.25) is 0 Å². The first-order valence-electron chi connectivity index (χ1n) is 8.01. The smallest absolute Gasteiger partial charge is 0.119 e. The van der Waals surface area contributed by atoms with Crippen molar-refractivity contribution in [3.05, 3.63) is 65.7 Å². The van der Waals surface area contributed by atoms with Crippen LogP contribution in [0.25, 0.3) is 11.1 Å². The second kappa shape index (κ2) is 6.83. The van der Waals surface area contributed by atoms with Gasteiger partial charge in [0.15, 0.2) is 0 Å². The molecule has 0 aliphatic carbocycles. The Hall–Kier alpha value is -2.02. The summed E-state index contributed by atoms with van der Waals surface area (Å²) in [6, 6.07) is 12.7. The summed E-state index contributed by atoms with van der Waals surface area (Å²) < 4.78 is 0. The number of benzene rings is 2. The molecule has 22 heavy (non-hydrogen) atoms. The van der Waals surface area contributed by atoms with Crippen LogP contribution in [0.3, 0.4) is 0 Å². The monoisotopic (exact) mass is 294 g/mol. The molecule has 1 N–H and O–H groups in total. The summed E-state index contributed by atoms with van der Waals surface area (Å²) in [5.41, 5.74) is 6.06. The molecule has 0 aromatic heterocycles. The molecule has 0 bridgehead atoms. The van der Waals surface area contributed by atoms with Crippen molar-refractivity contribution >= 4 is 0 Å². The average molecular weight is 294 g/mol. The SMILES string of the molecule is C=CCc1cc(-c2cc(C(C)C)ccc2C(C)C)ccc1O. The average Bonchev–Trinajstić information content (AvgIpc) is 2.49. The molecule has 2 aromatic rings. The Bertz CT molecular complexity index is 666. The molecule has 116 valence electrons. The van der Waals surface area contributed by atoms with Gasteiger partial charge < -0.3 is 5.11 Å². The Balaban J connectivity index is 2.61. The van der Waals surface area contributed by atoms with Crippen molar-refractivity contribution < 1.29 is 5.11 Å². The predicted octanol–water partition coefficient (Wildman–Crippen LogP) is 6.03. The predicted molar refractivity (Wildman–Crippen MR) is 95.6 cm³/mol. The van der Waals surface area contributed by atoms with E-state index in [1.807, 2.05) is 12.1 Å². The fourth-order valence-electron chi connectivity index (χ4n) is 2.76. The van der Waals surface area contributed by atoms with Gasteiger partial charge in [-0.1, -0.05) is 58.0 Å². The van der Waals surface area contributed by atoms with E-state index in [1.54, 1.807) is 6.07 Å². The number of hydrogen-bond donors (Lipinski definition) is 1. The highest BCUT2D eigenvalue weighted by Crippen LogP contribution is 2.34. The van der Waals surface area contributed by atoms with Crippen LogP contribution in [-0.4, -0.2) is 5.11 Å². The first-order valence-corrected chi connectivity index (χ1v) is 8.01. The quantitative estimate of drug-likeness (QED) is 0.667. The zero-order valence-corrected chi connectivity index (χ0v) is 14.1. The van der Waals surface area contributed by atoms with Crippen LogP contribution in [0.15, 0.2) is 49.1 Å². The summed E-state index contributed by atoms with van der Waals surface area (Å²) >= 11 is 0. The molecular formula is C21H26O. The van der Waals surface area contributed by atoms with Gasteiger partial charge in [-0.25, -0.2) is 0 Å². The van der Waals surface area contributed by atoms with Crippen molar-refractivity contribution in [3.63, 3.8) is 0 Å². The Morgan fingerprint density at radius 3 is 2.32 bits per heavy atom. The van der Waals surface area contributed by atoms with Gasteiger partial charge in [-0.15, -0.1) is 6.58 Å². The normalized spacial score (nSPS) is 11.2. The molecule has 0 aliphatic rings. The molecule has 1 nitrogen and oxygen atoms in total. The molecule has 0 unspecified atom stereocenters. The lowest BCUT2D eigenvalue weighted by Crippen LogP contribution is -1.97. The summed E-state index contributed by atoms with van der Waals surface area (Å²) in [6.45, 7) is 12.6. The molecule has 1 heteroatoms. The van der Waals surface area contributed by atoms with Crippen LogP contribution in [0.2, 0.25) is 0 Å². The minimum Gasteiger partial charge on any atom is -0.508 e. The molecule has 0 spiro atoms.